The molecule has 2 aromatic heterocycles. The van der Waals surface area contributed by atoms with Crippen LogP contribution in [0.4, 0.5) is 0 Å². The van der Waals surface area contributed by atoms with E-state index in [-0.39, 0.29) is 18.6 Å². The summed E-state index contributed by atoms with van der Waals surface area (Å²) in [5, 5.41) is 11.9. The summed E-state index contributed by atoms with van der Waals surface area (Å²) in [4.78, 5) is 30.1. The summed E-state index contributed by atoms with van der Waals surface area (Å²) >= 11 is 0. The Hall–Kier alpha value is -3.03. The van der Waals surface area contributed by atoms with Crippen LogP contribution in [0.15, 0.2) is 35.1 Å². The molecule has 5 rings (SSSR count). The average molecular weight is 377 g/mol. The number of pyridine rings is 2. The smallest absolute Gasteiger partial charge is 0.343 e. The lowest BCUT2D eigenvalue weighted by atomic mass is 9.86. The van der Waals surface area contributed by atoms with Crippen molar-refractivity contribution < 1.29 is 14.6 Å². The average Bonchev–Trinajstić information content (AvgIpc) is 3.07. The van der Waals surface area contributed by atoms with Crippen molar-refractivity contribution in [1.82, 2.24) is 9.55 Å². The van der Waals surface area contributed by atoms with Gasteiger partial charge >= 0.3 is 5.97 Å². The number of benzene rings is 1. The number of ether oxygens (including phenoxy) is 1. The van der Waals surface area contributed by atoms with Crippen LogP contribution in [-0.4, -0.2) is 20.6 Å². The van der Waals surface area contributed by atoms with Gasteiger partial charge in [0.05, 0.1) is 29.0 Å². The van der Waals surface area contributed by atoms with Crippen molar-refractivity contribution in [2.75, 3.05) is 0 Å². The predicted octanol–water partition coefficient (Wildman–Crippen LogP) is 1.54. The maximum Gasteiger partial charge on any atom is 0.343 e. The number of hydrogen-bond acceptors (Lipinski definition) is 6. The summed E-state index contributed by atoms with van der Waals surface area (Å²) in [6.45, 7) is 2.32. The summed E-state index contributed by atoms with van der Waals surface area (Å²) in [7, 11) is 0. The van der Waals surface area contributed by atoms with Gasteiger partial charge in [0.2, 0.25) is 0 Å². The zero-order chi connectivity index (χ0) is 19.6. The van der Waals surface area contributed by atoms with Gasteiger partial charge in [-0.1, -0.05) is 25.1 Å². The van der Waals surface area contributed by atoms with Crippen molar-refractivity contribution in [2.24, 2.45) is 5.73 Å². The molecule has 1 aromatic carbocycles. The minimum atomic E-state index is -1.82. The number of carbonyl (C=O) groups is 1. The Morgan fingerprint density at radius 3 is 2.89 bits per heavy atom. The quantitative estimate of drug-likeness (QED) is 0.513. The second-order valence-corrected chi connectivity index (χ2v) is 7.29. The number of cyclic esters (lactones) is 1. The number of nitrogens with two attached hydrogens (primary N) is 1. The molecule has 0 radical (unpaired) electrons. The Bertz CT molecular complexity index is 1230. The zero-order valence-corrected chi connectivity index (χ0v) is 15.4. The minimum absolute atomic E-state index is 0.122. The molecule has 0 unspecified atom stereocenters. The number of rotatable bonds is 2. The van der Waals surface area contributed by atoms with E-state index in [9.17, 15) is 14.7 Å². The van der Waals surface area contributed by atoms with Gasteiger partial charge < -0.3 is 20.1 Å². The van der Waals surface area contributed by atoms with E-state index in [0.29, 0.717) is 35.6 Å². The molecule has 0 spiro atoms. The second-order valence-electron chi connectivity index (χ2n) is 7.29. The Balaban J connectivity index is 1.81. The Morgan fingerprint density at radius 1 is 1.32 bits per heavy atom. The van der Waals surface area contributed by atoms with Gasteiger partial charge in [0, 0.05) is 23.1 Å². The maximum atomic E-state index is 13.1. The first-order chi connectivity index (χ1) is 13.5. The molecule has 0 fully saturated rings. The molecule has 0 amide bonds. The highest BCUT2D eigenvalue weighted by molar-refractivity contribution is 5.87. The van der Waals surface area contributed by atoms with E-state index >= 15 is 0 Å². The maximum absolute atomic E-state index is 13.1. The van der Waals surface area contributed by atoms with Crippen molar-refractivity contribution in [1.29, 1.82) is 0 Å². The highest BCUT2D eigenvalue weighted by Crippen LogP contribution is 2.38. The van der Waals surface area contributed by atoms with Crippen LogP contribution in [0.1, 0.15) is 35.6 Å². The Morgan fingerprint density at radius 2 is 2.14 bits per heavy atom. The van der Waals surface area contributed by atoms with Crippen LogP contribution in [0.25, 0.3) is 22.3 Å². The van der Waals surface area contributed by atoms with Crippen LogP contribution in [0, 0.1) is 0 Å². The molecule has 0 saturated heterocycles. The van der Waals surface area contributed by atoms with Crippen molar-refractivity contribution in [3.05, 3.63) is 62.9 Å². The molecule has 4 heterocycles. The van der Waals surface area contributed by atoms with E-state index in [4.69, 9.17) is 15.5 Å². The number of hydrogen-bond donors (Lipinski definition) is 2. The first kappa shape index (κ1) is 17.1. The molecule has 3 N–H and O–H groups in total. The van der Waals surface area contributed by atoms with E-state index < -0.39 is 11.6 Å². The standard InChI is InChI=1S/C21H19N3O4/c1-2-21(27)15-7-16-18-13(6-11-4-3-5-12(8-22)17(11)23-18)9-24(16)19(25)14(15)10-28-20(21)26/h3-7,27H,2,8-10,22H2,1H3/t21-/m0/s1. The third-order valence-corrected chi connectivity index (χ3v) is 5.84. The van der Waals surface area contributed by atoms with Crippen molar-refractivity contribution in [3.8, 4) is 11.4 Å². The van der Waals surface area contributed by atoms with Crippen molar-refractivity contribution in [2.45, 2.75) is 38.6 Å². The SMILES string of the molecule is CC[C@@]1(O)C(=O)OCc2c1cc1n(c2=O)Cc2cc3cccc(CN)c3nc2-1. The van der Waals surface area contributed by atoms with Gasteiger partial charge in [0.1, 0.15) is 6.61 Å². The lowest BCUT2D eigenvalue weighted by Crippen LogP contribution is -2.44. The van der Waals surface area contributed by atoms with Crippen LogP contribution in [0.5, 0.6) is 0 Å². The van der Waals surface area contributed by atoms with Crippen LogP contribution in [0.3, 0.4) is 0 Å². The van der Waals surface area contributed by atoms with E-state index in [1.807, 2.05) is 24.3 Å². The summed E-state index contributed by atoms with van der Waals surface area (Å²) < 4.78 is 6.72. The van der Waals surface area contributed by atoms with E-state index in [1.165, 1.54) is 0 Å². The molecule has 1 atom stereocenters. The third kappa shape index (κ3) is 2.08. The van der Waals surface area contributed by atoms with Crippen LogP contribution in [-0.2, 0) is 34.8 Å². The molecule has 7 nitrogen and oxygen atoms in total. The minimum Gasteiger partial charge on any atom is -0.458 e. The van der Waals surface area contributed by atoms with Crippen LogP contribution < -0.4 is 11.3 Å². The number of nitrogens with zero attached hydrogens (tertiary/aromatic N) is 2. The molecule has 2 aliphatic heterocycles. The molecule has 28 heavy (non-hydrogen) atoms. The normalized spacial score (nSPS) is 19.9. The molecule has 0 aliphatic carbocycles. The van der Waals surface area contributed by atoms with E-state index in [0.717, 1.165) is 22.0 Å². The molecule has 2 aliphatic rings. The third-order valence-electron chi connectivity index (χ3n) is 5.84. The number of fused-ring (bicyclic) bond motifs is 5. The molecule has 7 heteroatoms. The summed E-state index contributed by atoms with van der Waals surface area (Å²) in [6.07, 6.45) is 0.122. The number of aromatic nitrogens is 2. The van der Waals surface area contributed by atoms with Crippen molar-refractivity contribution in [3.63, 3.8) is 0 Å². The number of esters is 1. The molecule has 0 bridgehead atoms. The van der Waals surface area contributed by atoms with Gasteiger partial charge in [-0.3, -0.25) is 4.79 Å². The first-order valence-electron chi connectivity index (χ1n) is 9.26. The van der Waals surface area contributed by atoms with Gasteiger partial charge in [-0.2, -0.15) is 0 Å². The van der Waals surface area contributed by atoms with Gasteiger partial charge in [-0.25, -0.2) is 9.78 Å². The van der Waals surface area contributed by atoms with E-state index in [1.54, 1.807) is 17.6 Å². The number of aliphatic hydroxyl groups is 1. The summed E-state index contributed by atoms with van der Waals surface area (Å²) in [5.41, 5.74) is 8.38. The second kappa shape index (κ2) is 5.73. The predicted molar refractivity (Wildman–Crippen MR) is 102 cm³/mol. The lowest BCUT2D eigenvalue weighted by molar-refractivity contribution is -0.172. The largest absolute Gasteiger partial charge is 0.458 e. The van der Waals surface area contributed by atoms with Gasteiger partial charge in [-0.05, 0) is 24.1 Å². The molecular formula is C21H19N3O4. The highest BCUT2D eigenvalue weighted by Gasteiger charge is 2.45. The van der Waals surface area contributed by atoms with E-state index in [2.05, 4.69) is 0 Å². The van der Waals surface area contributed by atoms with Crippen molar-refractivity contribution >= 4 is 16.9 Å². The number of para-hydroxylation sites is 1. The fraction of sp³-hybridized carbons (Fsp3) is 0.286. The summed E-state index contributed by atoms with van der Waals surface area (Å²) in [5.74, 6) is -0.720. The first-order valence-corrected chi connectivity index (χ1v) is 9.26. The fourth-order valence-electron chi connectivity index (χ4n) is 4.23. The van der Waals surface area contributed by atoms with Gasteiger partial charge in [0.15, 0.2) is 5.60 Å². The Kier molecular flexibility index (Phi) is 3.50. The monoisotopic (exact) mass is 377 g/mol. The van der Waals surface area contributed by atoms with Gasteiger partial charge in [0.25, 0.3) is 5.56 Å². The molecule has 3 aromatic rings. The molecular weight excluding hydrogens is 358 g/mol. The van der Waals surface area contributed by atoms with Crippen LogP contribution in [0.2, 0.25) is 0 Å². The number of carbonyl (C=O) groups excluding carboxylic acids is 1. The van der Waals surface area contributed by atoms with Gasteiger partial charge in [-0.15, -0.1) is 0 Å². The summed E-state index contributed by atoms with van der Waals surface area (Å²) in [6, 6.07) is 9.59. The fourth-order valence-corrected chi connectivity index (χ4v) is 4.23. The molecule has 142 valence electrons. The van der Waals surface area contributed by atoms with Crippen LogP contribution >= 0.6 is 0 Å². The zero-order valence-electron chi connectivity index (χ0n) is 15.4. The molecule has 0 saturated carbocycles. The topological polar surface area (TPSA) is 107 Å². The Labute approximate surface area is 160 Å². The lowest BCUT2D eigenvalue weighted by Gasteiger charge is -2.31. The highest BCUT2D eigenvalue weighted by atomic mass is 16.6.